The van der Waals surface area contributed by atoms with Gasteiger partial charge in [-0.1, -0.05) is 0 Å². The Kier molecular flexibility index (Phi) is 4.48. The standard InChI is InChI=1S/C16H18N2O5S2/c1-2-23-13-3-5-14(6-4-13)25(21,22)18-10-9-12-11-15(24(17,19)20)7-8-16(12)18/h3-8,11H,2,9-10H2,1H3,(H2,17,19,20). The SMILES string of the molecule is CCOc1ccc(S(=O)(=O)N2CCc3cc(S(N)(=O)=O)ccc32)cc1. The van der Waals surface area contributed by atoms with Crippen molar-refractivity contribution in [2.75, 3.05) is 17.5 Å². The molecule has 2 aromatic rings. The van der Waals surface area contributed by atoms with Gasteiger partial charge < -0.3 is 4.74 Å². The van der Waals surface area contributed by atoms with Gasteiger partial charge in [-0.05, 0) is 61.4 Å². The van der Waals surface area contributed by atoms with Crippen LogP contribution in [-0.2, 0) is 26.5 Å². The van der Waals surface area contributed by atoms with Gasteiger partial charge >= 0.3 is 0 Å². The van der Waals surface area contributed by atoms with Crippen molar-refractivity contribution in [1.82, 2.24) is 0 Å². The average molecular weight is 382 g/mol. The van der Waals surface area contributed by atoms with Crippen LogP contribution in [0.25, 0.3) is 0 Å². The molecule has 134 valence electrons. The van der Waals surface area contributed by atoms with E-state index in [1.807, 2.05) is 6.92 Å². The minimum atomic E-state index is -3.82. The molecule has 3 rings (SSSR count). The number of primary sulfonamides is 1. The molecule has 0 spiro atoms. The van der Waals surface area contributed by atoms with Crippen LogP contribution in [0, 0.1) is 0 Å². The molecule has 0 saturated heterocycles. The van der Waals surface area contributed by atoms with Gasteiger partial charge in [-0.3, -0.25) is 4.31 Å². The maximum atomic E-state index is 12.9. The van der Waals surface area contributed by atoms with Gasteiger partial charge in [0.1, 0.15) is 5.75 Å². The topological polar surface area (TPSA) is 107 Å². The van der Waals surface area contributed by atoms with E-state index in [4.69, 9.17) is 9.88 Å². The fraction of sp³-hybridized carbons (Fsp3) is 0.250. The summed E-state index contributed by atoms with van der Waals surface area (Å²) in [5, 5.41) is 5.13. The summed E-state index contributed by atoms with van der Waals surface area (Å²) in [7, 11) is -7.56. The van der Waals surface area contributed by atoms with Gasteiger partial charge in [0.2, 0.25) is 10.0 Å². The summed E-state index contributed by atoms with van der Waals surface area (Å²) in [6.07, 6.45) is 0.426. The zero-order valence-corrected chi connectivity index (χ0v) is 15.2. The Hall–Kier alpha value is -2.10. The highest BCUT2D eigenvalue weighted by molar-refractivity contribution is 7.92. The fourth-order valence-electron chi connectivity index (χ4n) is 2.78. The van der Waals surface area contributed by atoms with Crippen LogP contribution in [0.2, 0.25) is 0 Å². The summed E-state index contributed by atoms with van der Waals surface area (Å²) in [4.78, 5) is 0.130. The van der Waals surface area contributed by atoms with Crippen LogP contribution in [0.3, 0.4) is 0 Å². The number of anilines is 1. The smallest absolute Gasteiger partial charge is 0.264 e. The average Bonchev–Trinajstić information content (AvgIpc) is 2.99. The Labute approximate surface area is 147 Å². The second-order valence-electron chi connectivity index (χ2n) is 5.57. The molecule has 0 saturated carbocycles. The first-order valence-corrected chi connectivity index (χ1v) is 10.6. The van der Waals surface area contributed by atoms with Crippen LogP contribution in [0.15, 0.2) is 52.3 Å². The van der Waals surface area contributed by atoms with Gasteiger partial charge in [0.05, 0.1) is 22.1 Å². The number of nitrogens with zero attached hydrogens (tertiary/aromatic N) is 1. The number of benzene rings is 2. The lowest BCUT2D eigenvalue weighted by atomic mass is 10.2. The zero-order valence-electron chi connectivity index (χ0n) is 13.5. The Morgan fingerprint density at radius 2 is 1.68 bits per heavy atom. The molecule has 2 aromatic carbocycles. The van der Waals surface area contributed by atoms with E-state index in [9.17, 15) is 16.8 Å². The third kappa shape index (κ3) is 3.35. The van der Waals surface area contributed by atoms with Crippen molar-refractivity contribution in [2.45, 2.75) is 23.1 Å². The molecular formula is C16H18N2O5S2. The predicted octanol–water partition coefficient (Wildman–Crippen LogP) is 1.48. The van der Waals surface area contributed by atoms with Gasteiger partial charge in [-0.25, -0.2) is 22.0 Å². The quantitative estimate of drug-likeness (QED) is 0.843. The van der Waals surface area contributed by atoms with E-state index >= 15 is 0 Å². The molecule has 2 N–H and O–H groups in total. The van der Waals surface area contributed by atoms with E-state index in [1.54, 1.807) is 12.1 Å². The maximum absolute atomic E-state index is 12.9. The van der Waals surface area contributed by atoms with Crippen molar-refractivity contribution in [3.63, 3.8) is 0 Å². The first kappa shape index (κ1) is 17.7. The van der Waals surface area contributed by atoms with Crippen LogP contribution >= 0.6 is 0 Å². The number of sulfonamides is 2. The molecule has 0 bridgehead atoms. The molecule has 0 atom stereocenters. The van der Waals surface area contributed by atoms with E-state index in [-0.39, 0.29) is 16.3 Å². The summed E-state index contributed by atoms with van der Waals surface area (Å²) in [6.45, 7) is 2.60. The first-order chi connectivity index (χ1) is 11.7. The molecular weight excluding hydrogens is 364 g/mol. The molecule has 0 aliphatic carbocycles. The molecule has 0 fully saturated rings. The minimum Gasteiger partial charge on any atom is -0.494 e. The molecule has 0 amide bonds. The van der Waals surface area contributed by atoms with Crippen molar-refractivity contribution < 1.29 is 21.6 Å². The third-order valence-electron chi connectivity index (χ3n) is 3.96. The number of hydrogen-bond acceptors (Lipinski definition) is 5. The number of fused-ring (bicyclic) bond motifs is 1. The van der Waals surface area contributed by atoms with Gasteiger partial charge in [0, 0.05) is 6.54 Å². The minimum absolute atomic E-state index is 0.0217. The normalized spacial score (nSPS) is 14.4. The lowest BCUT2D eigenvalue weighted by molar-refractivity contribution is 0.340. The molecule has 9 heteroatoms. The summed E-state index contributed by atoms with van der Waals surface area (Å²) in [5.74, 6) is 0.598. The van der Waals surface area contributed by atoms with Gasteiger partial charge in [0.25, 0.3) is 10.0 Å². The Morgan fingerprint density at radius 3 is 2.28 bits per heavy atom. The van der Waals surface area contributed by atoms with Crippen LogP contribution < -0.4 is 14.2 Å². The fourth-order valence-corrected chi connectivity index (χ4v) is 4.84. The van der Waals surface area contributed by atoms with Crippen LogP contribution in [-0.4, -0.2) is 30.0 Å². The van der Waals surface area contributed by atoms with E-state index in [0.717, 1.165) is 0 Å². The van der Waals surface area contributed by atoms with Gasteiger partial charge in [0.15, 0.2) is 0 Å². The Morgan fingerprint density at radius 1 is 1.04 bits per heavy atom. The van der Waals surface area contributed by atoms with Gasteiger partial charge in [-0.15, -0.1) is 0 Å². The van der Waals surface area contributed by atoms with Crippen LogP contribution in [0.1, 0.15) is 12.5 Å². The molecule has 7 nitrogen and oxygen atoms in total. The Bertz CT molecular complexity index is 999. The molecule has 0 unspecified atom stereocenters. The number of rotatable bonds is 5. The molecule has 25 heavy (non-hydrogen) atoms. The van der Waals surface area contributed by atoms with Crippen molar-refractivity contribution in [3.05, 3.63) is 48.0 Å². The van der Waals surface area contributed by atoms with E-state index in [2.05, 4.69) is 0 Å². The highest BCUT2D eigenvalue weighted by Crippen LogP contribution is 2.34. The summed E-state index contributed by atoms with van der Waals surface area (Å²) in [6, 6.07) is 10.4. The monoisotopic (exact) mass is 382 g/mol. The third-order valence-corrected chi connectivity index (χ3v) is 6.69. The van der Waals surface area contributed by atoms with E-state index < -0.39 is 20.0 Å². The highest BCUT2D eigenvalue weighted by atomic mass is 32.2. The molecule has 1 heterocycles. The van der Waals surface area contributed by atoms with Crippen molar-refractivity contribution in [1.29, 1.82) is 0 Å². The highest BCUT2D eigenvalue weighted by Gasteiger charge is 2.31. The van der Waals surface area contributed by atoms with Gasteiger partial charge in [-0.2, -0.15) is 0 Å². The lowest BCUT2D eigenvalue weighted by Gasteiger charge is -2.20. The second kappa shape index (κ2) is 6.32. The van der Waals surface area contributed by atoms with Crippen molar-refractivity contribution >= 4 is 25.7 Å². The predicted molar refractivity (Wildman–Crippen MR) is 93.7 cm³/mol. The number of nitrogens with two attached hydrogens (primary N) is 1. The molecule has 1 aliphatic rings. The van der Waals surface area contributed by atoms with Crippen molar-refractivity contribution in [2.24, 2.45) is 5.14 Å². The number of hydrogen-bond donors (Lipinski definition) is 1. The summed E-state index contributed by atoms with van der Waals surface area (Å²) >= 11 is 0. The van der Waals surface area contributed by atoms with E-state index in [1.165, 1.54) is 34.6 Å². The van der Waals surface area contributed by atoms with Crippen molar-refractivity contribution in [3.8, 4) is 5.75 Å². The van der Waals surface area contributed by atoms with E-state index in [0.29, 0.717) is 30.0 Å². The molecule has 1 aliphatic heterocycles. The summed E-state index contributed by atoms with van der Waals surface area (Å²) < 4.78 is 55.3. The first-order valence-electron chi connectivity index (χ1n) is 7.65. The molecule has 0 radical (unpaired) electrons. The second-order valence-corrected chi connectivity index (χ2v) is 8.99. The Balaban J connectivity index is 1.96. The molecule has 0 aromatic heterocycles. The lowest BCUT2D eigenvalue weighted by Crippen LogP contribution is -2.29. The number of ether oxygens (including phenoxy) is 1. The van der Waals surface area contributed by atoms with Crippen LogP contribution in [0.5, 0.6) is 5.75 Å². The largest absolute Gasteiger partial charge is 0.494 e. The maximum Gasteiger partial charge on any atom is 0.264 e. The zero-order chi connectivity index (χ0) is 18.2. The van der Waals surface area contributed by atoms with Crippen LogP contribution in [0.4, 0.5) is 5.69 Å². The summed E-state index contributed by atoms with van der Waals surface area (Å²) in [5.41, 5.74) is 1.11.